The zero-order valence-electron chi connectivity index (χ0n) is 12.1. The van der Waals surface area contributed by atoms with Gasteiger partial charge in [0.2, 0.25) is 0 Å². The molecule has 0 bridgehead atoms. The van der Waals surface area contributed by atoms with Crippen LogP contribution >= 0.6 is 0 Å². The van der Waals surface area contributed by atoms with Gasteiger partial charge < -0.3 is 19.3 Å². The summed E-state index contributed by atoms with van der Waals surface area (Å²) in [4.78, 5) is 12.3. The summed E-state index contributed by atoms with van der Waals surface area (Å²) in [5, 5.41) is 8.90. The van der Waals surface area contributed by atoms with Crippen LogP contribution in [0.25, 0.3) is 0 Å². The van der Waals surface area contributed by atoms with Crippen LogP contribution in [0.3, 0.4) is 0 Å². The Hall–Kier alpha value is -1.01. The fraction of sp³-hybridized carbons (Fsp3) is 0.769. The highest BCUT2D eigenvalue weighted by Gasteiger charge is 2.50. The maximum Gasteiger partial charge on any atom is 0.487 e. The van der Waals surface area contributed by atoms with Crippen LogP contribution in [0, 0.1) is 0 Å². The van der Waals surface area contributed by atoms with E-state index < -0.39 is 6.09 Å². The second kappa shape index (κ2) is 4.83. The van der Waals surface area contributed by atoms with Crippen molar-refractivity contribution in [2.45, 2.75) is 51.7 Å². The molecular weight excluding hydrogens is 245 g/mol. The Labute approximate surface area is 114 Å². The van der Waals surface area contributed by atoms with Gasteiger partial charge in [-0.05, 0) is 40.5 Å². The summed E-state index contributed by atoms with van der Waals surface area (Å²) in [6.45, 7) is 9.22. The Morgan fingerprint density at radius 2 is 1.68 bits per heavy atom. The minimum atomic E-state index is -0.838. The predicted molar refractivity (Wildman–Crippen MR) is 73.0 cm³/mol. The maximum atomic E-state index is 10.8. The molecule has 5 nitrogen and oxygen atoms in total. The van der Waals surface area contributed by atoms with Gasteiger partial charge in [0.05, 0.1) is 11.2 Å². The van der Waals surface area contributed by atoms with Crippen molar-refractivity contribution in [3.63, 3.8) is 0 Å². The van der Waals surface area contributed by atoms with Crippen molar-refractivity contribution in [2.75, 3.05) is 13.1 Å². The first-order valence-corrected chi connectivity index (χ1v) is 6.74. The van der Waals surface area contributed by atoms with Crippen LogP contribution in [0.4, 0.5) is 4.79 Å². The molecule has 2 aliphatic heterocycles. The number of amides is 1. The molecular formula is C13H22BNO4. The monoisotopic (exact) mass is 267 g/mol. The van der Waals surface area contributed by atoms with Crippen LogP contribution in [0.5, 0.6) is 0 Å². The normalized spacial score (nSPS) is 25.6. The van der Waals surface area contributed by atoms with E-state index >= 15 is 0 Å². The summed E-state index contributed by atoms with van der Waals surface area (Å²) in [6, 6.07) is 0. The van der Waals surface area contributed by atoms with E-state index in [9.17, 15) is 4.79 Å². The van der Waals surface area contributed by atoms with Gasteiger partial charge in [-0.1, -0.05) is 11.5 Å². The van der Waals surface area contributed by atoms with E-state index in [1.54, 1.807) is 0 Å². The summed E-state index contributed by atoms with van der Waals surface area (Å²) in [5.41, 5.74) is 0.573. The molecule has 1 N–H and O–H groups in total. The van der Waals surface area contributed by atoms with Gasteiger partial charge >= 0.3 is 13.2 Å². The Balaban J connectivity index is 1.96. The molecule has 0 aromatic rings. The quantitative estimate of drug-likeness (QED) is 0.741. The predicted octanol–water partition coefficient (Wildman–Crippen LogP) is 2.32. The van der Waals surface area contributed by atoms with Crippen molar-refractivity contribution in [1.82, 2.24) is 4.90 Å². The molecule has 2 aliphatic rings. The van der Waals surface area contributed by atoms with Crippen LogP contribution in [-0.2, 0) is 9.31 Å². The minimum absolute atomic E-state index is 0.323. The number of hydrogen-bond acceptors (Lipinski definition) is 3. The highest BCUT2D eigenvalue weighted by Crippen LogP contribution is 2.37. The lowest BCUT2D eigenvalue weighted by Crippen LogP contribution is -2.41. The van der Waals surface area contributed by atoms with Crippen molar-refractivity contribution in [3.05, 3.63) is 11.5 Å². The topological polar surface area (TPSA) is 59.0 Å². The van der Waals surface area contributed by atoms with E-state index in [-0.39, 0.29) is 18.3 Å². The van der Waals surface area contributed by atoms with Crippen LogP contribution in [-0.4, -0.2) is 47.5 Å². The third-order valence-electron chi connectivity index (χ3n) is 4.32. The van der Waals surface area contributed by atoms with Crippen LogP contribution in [0.15, 0.2) is 11.5 Å². The Bertz CT molecular complexity index is 379. The number of nitrogens with zero attached hydrogens (tertiary/aromatic N) is 1. The van der Waals surface area contributed by atoms with Crippen LogP contribution in [0.2, 0.25) is 0 Å². The fourth-order valence-electron chi connectivity index (χ4n) is 2.30. The molecule has 0 aromatic heterocycles. The number of likely N-dealkylation sites (tertiary alicyclic amines) is 1. The number of rotatable bonds is 1. The highest BCUT2D eigenvalue weighted by molar-refractivity contribution is 6.51. The number of piperidine rings is 1. The van der Waals surface area contributed by atoms with Crippen LogP contribution in [0.1, 0.15) is 40.5 Å². The molecule has 0 spiro atoms. The van der Waals surface area contributed by atoms with Gasteiger partial charge in [-0.2, -0.15) is 0 Å². The number of carboxylic acid groups (broad SMARTS) is 1. The first kappa shape index (κ1) is 14.4. The van der Waals surface area contributed by atoms with Gasteiger partial charge in [0, 0.05) is 13.1 Å². The van der Waals surface area contributed by atoms with Gasteiger partial charge in [-0.15, -0.1) is 0 Å². The molecule has 0 unspecified atom stereocenters. The van der Waals surface area contributed by atoms with Crippen molar-refractivity contribution >= 4 is 13.2 Å². The maximum absolute atomic E-state index is 10.8. The summed E-state index contributed by atoms with van der Waals surface area (Å²) in [6.07, 6.45) is 0.682. The summed E-state index contributed by atoms with van der Waals surface area (Å²) in [5.74, 6) is 2.01. The Morgan fingerprint density at radius 3 is 2.11 bits per heavy atom. The number of hydrogen-bond donors (Lipinski definition) is 1. The molecule has 2 saturated heterocycles. The summed E-state index contributed by atoms with van der Waals surface area (Å²) < 4.78 is 11.8. The lowest BCUT2D eigenvalue weighted by atomic mass is 9.84. The molecule has 0 saturated carbocycles. The fourth-order valence-corrected chi connectivity index (χ4v) is 2.30. The lowest BCUT2D eigenvalue weighted by molar-refractivity contribution is 0.00578. The first-order valence-electron chi connectivity index (χ1n) is 6.74. The summed E-state index contributed by atoms with van der Waals surface area (Å²) >= 11 is 0. The largest absolute Gasteiger partial charge is 0.487 e. The SMILES string of the molecule is CC1(C)OB(C=C2CCN(C(=O)O)CC2)OC1(C)C. The molecule has 0 radical (unpaired) electrons. The Kier molecular flexibility index (Phi) is 3.66. The van der Waals surface area contributed by atoms with E-state index in [1.165, 1.54) is 10.5 Å². The second-order valence-corrected chi connectivity index (χ2v) is 6.22. The van der Waals surface area contributed by atoms with E-state index in [0.717, 1.165) is 12.8 Å². The van der Waals surface area contributed by atoms with Gasteiger partial charge in [0.1, 0.15) is 0 Å². The van der Waals surface area contributed by atoms with Crippen molar-refractivity contribution < 1.29 is 19.2 Å². The molecule has 0 atom stereocenters. The molecule has 0 aromatic carbocycles. The third-order valence-corrected chi connectivity index (χ3v) is 4.32. The van der Waals surface area contributed by atoms with E-state index in [4.69, 9.17) is 14.4 Å². The smallest absolute Gasteiger partial charge is 0.465 e. The van der Waals surface area contributed by atoms with Gasteiger partial charge in [0.15, 0.2) is 0 Å². The van der Waals surface area contributed by atoms with Crippen molar-refractivity contribution in [2.24, 2.45) is 0 Å². The Morgan fingerprint density at radius 1 is 1.21 bits per heavy atom. The zero-order chi connectivity index (χ0) is 14.3. The highest BCUT2D eigenvalue weighted by atomic mass is 16.7. The average Bonchev–Trinajstić information content (AvgIpc) is 2.47. The molecule has 2 fully saturated rings. The van der Waals surface area contributed by atoms with E-state index in [0.29, 0.717) is 13.1 Å². The van der Waals surface area contributed by atoms with Crippen LogP contribution < -0.4 is 0 Å². The standard InChI is InChI=1S/C13H22BNO4/c1-12(2)13(3,4)19-14(18-12)9-10-5-7-15(8-6-10)11(16)17/h9H,5-8H2,1-4H3,(H,16,17). The second-order valence-electron chi connectivity index (χ2n) is 6.22. The van der Waals surface area contributed by atoms with Crippen molar-refractivity contribution in [1.29, 1.82) is 0 Å². The first-order chi connectivity index (χ1) is 8.71. The van der Waals surface area contributed by atoms with Gasteiger partial charge in [0.25, 0.3) is 0 Å². The zero-order valence-corrected chi connectivity index (χ0v) is 12.1. The molecule has 0 aliphatic carbocycles. The minimum Gasteiger partial charge on any atom is -0.465 e. The lowest BCUT2D eigenvalue weighted by Gasteiger charge is -2.32. The number of carbonyl (C=O) groups is 1. The molecule has 1 amide bonds. The molecule has 6 heteroatoms. The summed E-state index contributed by atoms with van der Waals surface area (Å²) in [7, 11) is -0.323. The van der Waals surface area contributed by atoms with Gasteiger partial charge in [-0.25, -0.2) is 4.79 Å². The van der Waals surface area contributed by atoms with E-state index in [1.807, 2.05) is 33.7 Å². The molecule has 106 valence electrons. The van der Waals surface area contributed by atoms with E-state index in [2.05, 4.69) is 0 Å². The average molecular weight is 267 g/mol. The molecule has 19 heavy (non-hydrogen) atoms. The molecule has 2 heterocycles. The molecule has 2 rings (SSSR count). The van der Waals surface area contributed by atoms with Crippen molar-refractivity contribution in [3.8, 4) is 0 Å². The van der Waals surface area contributed by atoms with Gasteiger partial charge in [-0.3, -0.25) is 0 Å². The third kappa shape index (κ3) is 2.95.